The monoisotopic (exact) mass is 246 g/mol. The van der Waals surface area contributed by atoms with Gasteiger partial charge >= 0.3 is 0 Å². The number of fused-ring (bicyclic) bond motifs is 1. The smallest absolute Gasteiger partial charge is 0.224 e. The van der Waals surface area contributed by atoms with Crippen LogP contribution in [-0.2, 0) is 0 Å². The summed E-state index contributed by atoms with van der Waals surface area (Å²) in [6.45, 7) is 0. The van der Waals surface area contributed by atoms with Crippen LogP contribution in [0.3, 0.4) is 0 Å². The molecule has 3 nitrogen and oxygen atoms in total. The third kappa shape index (κ3) is 1.82. The van der Waals surface area contributed by atoms with Crippen molar-refractivity contribution in [3.8, 4) is 5.75 Å². The molecule has 2 rings (SSSR count). The molecule has 0 saturated heterocycles. The molecule has 0 unspecified atom stereocenters. The van der Waals surface area contributed by atoms with Crippen molar-refractivity contribution in [2.24, 2.45) is 0 Å². The minimum Gasteiger partial charge on any atom is -0.494 e. The third-order valence-electron chi connectivity index (χ3n) is 1.88. The Balaban J connectivity index is 2.89. The van der Waals surface area contributed by atoms with Gasteiger partial charge in [-0.15, -0.1) is 0 Å². The fourth-order valence-electron chi connectivity index (χ4n) is 1.26. The number of benzene rings is 1. The molecule has 1 aromatic carbocycles. The lowest BCUT2D eigenvalue weighted by molar-refractivity contribution is 0.415. The topological polar surface area (TPSA) is 35.0 Å². The summed E-state index contributed by atoms with van der Waals surface area (Å²) in [4.78, 5) is 7.64. The van der Waals surface area contributed by atoms with Crippen molar-refractivity contribution in [1.82, 2.24) is 9.97 Å². The van der Waals surface area contributed by atoms with Gasteiger partial charge in [0.2, 0.25) is 5.28 Å². The van der Waals surface area contributed by atoms with Crippen molar-refractivity contribution >= 4 is 34.1 Å². The van der Waals surface area contributed by atoms with Crippen LogP contribution in [0.5, 0.6) is 5.75 Å². The molecule has 0 aliphatic carbocycles. The minimum absolute atomic E-state index is 0.00240. The van der Waals surface area contributed by atoms with Gasteiger partial charge in [0.05, 0.1) is 7.11 Å². The molecule has 0 aliphatic heterocycles. The molecular formula is C9H5Cl2FN2O. The largest absolute Gasteiger partial charge is 0.494 e. The Bertz CT molecular complexity index is 533. The zero-order chi connectivity index (χ0) is 11.0. The van der Waals surface area contributed by atoms with E-state index in [1.54, 1.807) is 0 Å². The average molecular weight is 247 g/mol. The first-order chi connectivity index (χ1) is 7.11. The van der Waals surface area contributed by atoms with Gasteiger partial charge < -0.3 is 4.74 Å². The van der Waals surface area contributed by atoms with Crippen LogP contribution in [0.15, 0.2) is 12.1 Å². The Morgan fingerprint density at radius 1 is 1.27 bits per heavy atom. The average Bonchev–Trinajstić information content (AvgIpc) is 2.18. The summed E-state index contributed by atoms with van der Waals surface area (Å²) in [5.74, 6) is -0.191. The lowest BCUT2D eigenvalue weighted by Crippen LogP contribution is -1.93. The fourth-order valence-corrected chi connectivity index (χ4v) is 1.70. The maximum Gasteiger partial charge on any atom is 0.224 e. The standard InChI is InChI=1S/C9H5Cl2FN2O/c1-15-6-3-4(12)2-5-7(6)13-9(11)14-8(5)10/h2-3H,1H3. The Kier molecular flexibility index (Phi) is 2.63. The highest BCUT2D eigenvalue weighted by Gasteiger charge is 2.11. The summed E-state index contributed by atoms with van der Waals surface area (Å²) in [6.07, 6.45) is 0. The highest BCUT2D eigenvalue weighted by molar-refractivity contribution is 6.35. The van der Waals surface area contributed by atoms with Crippen LogP contribution >= 0.6 is 23.2 Å². The predicted octanol–water partition coefficient (Wildman–Crippen LogP) is 3.08. The van der Waals surface area contributed by atoms with E-state index in [0.29, 0.717) is 10.9 Å². The maximum atomic E-state index is 13.1. The van der Waals surface area contributed by atoms with Gasteiger partial charge in [-0.2, -0.15) is 0 Å². The highest BCUT2D eigenvalue weighted by Crippen LogP contribution is 2.30. The number of rotatable bonds is 1. The molecule has 0 bridgehead atoms. The van der Waals surface area contributed by atoms with Crippen molar-refractivity contribution in [1.29, 1.82) is 0 Å². The van der Waals surface area contributed by atoms with Crippen molar-refractivity contribution in [2.45, 2.75) is 0 Å². The van der Waals surface area contributed by atoms with Crippen molar-refractivity contribution in [3.63, 3.8) is 0 Å². The van der Waals surface area contributed by atoms with Crippen LogP contribution in [0, 0.1) is 5.82 Å². The quantitative estimate of drug-likeness (QED) is 0.573. The summed E-state index contributed by atoms with van der Waals surface area (Å²) in [5.41, 5.74) is 0.393. The number of hydrogen-bond donors (Lipinski definition) is 0. The van der Waals surface area contributed by atoms with Crippen molar-refractivity contribution in [2.75, 3.05) is 7.11 Å². The second kappa shape index (κ2) is 3.79. The Hall–Kier alpha value is -1.13. The molecule has 0 fully saturated rings. The second-order valence-corrected chi connectivity index (χ2v) is 3.48. The molecule has 0 aliphatic rings. The molecular weight excluding hydrogens is 242 g/mol. The van der Waals surface area contributed by atoms with Crippen LogP contribution in [0.1, 0.15) is 0 Å². The lowest BCUT2D eigenvalue weighted by Gasteiger charge is -2.05. The number of methoxy groups -OCH3 is 1. The van der Waals surface area contributed by atoms with E-state index in [1.807, 2.05) is 0 Å². The van der Waals surface area contributed by atoms with E-state index in [1.165, 1.54) is 19.2 Å². The summed E-state index contributed by atoms with van der Waals surface area (Å²) >= 11 is 11.4. The van der Waals surface area contributed by atoms with E-state index >= 15 is 0 Å². The maximum absolute atomic E-state index is 13.1. The number of aromatic nitrogens is 2. The summed E-state index contributed by atoms with van der Waals surface area (Å²) < 4.78 is 18.1. The van der Waals surface area contributed by atoms with E-state index in [9.17, 15) is 4.39 Å². The molecule has 0 spiro atoms. The molecule has 0 atom stereocenters. The minimum atomic E-state index is -0.466. The van der Waals surface area contributed by atoms with E-state index < -0.39 is 5.82 Å². The molecule has 1 heterocycles. The SMILES string of the molecule is COc1cc(F)cc2c(Cl)nc(Cl)nc12. The van der Waals surface area contributed by atoms with Gasteiger partial charge in [-0.05, 0) is 17.7 Å². The number of nitrogens with zero attached hydrogens (tertiary/aromatic N) is 2. The molecule has 15 heavy (non-hydrogen) atoms. The zero-order valence-electron chi connectivity index (χ0n) is 7.59. The third-order valence-corrected chi connectivity index (χ3v) is 2.33. The van der Waals surface area contributed by atoms with E-state index in [4.69, 9.17) is 27.9 Å². The number of ether oxygens (including phenoxy) is 1. The first-order valence-electron chi connectivity index (χ1n) is 3.98. The number of hydrogen-bond acceptors (Lipinski definition) is 3. The summed E-state index contributed by atoms with van der Waals surface area (Å²) in [7, 11) is 1.41. The van der Waals surface area contributed by atoms with Gasteiger partial charge in [-0.3, -0.25) is 0 Å². The fraction of sp³-hybridized carbons (Fsp3) is 0.111. The second-order valence-electron chi connectivity index (χ2n) is 2.79. The van der Waals surface area contributed by atoms with Crippen molar-refractivity contribution in [3.05, 3.63) is 28.4 Å². The summed E-state index contributed by atoms with van der Waals surface area (Å²) in [5, 5.41) is 0.470. The van der Waals surface area contributed by atoms with Gasteiger partial charge in [0.25, 0.3) is 0 Å². The first-order valence-corrected chi connectivity index (χ1v) is 4.73. The lowest BCUT2D eigenvalue weighted by atomic mass is 10.2. The number of halogens is 3. The molecule has 2 aromatic rings. The van der Waals surface area contributed by atoms with Crippen LogP contribution in [0.25, 0.3) is 10.9 Å². The first kappa shape index (κ1) is 10.4. The highest BCUT2D eigenvalue weighted by atomic mass is 35.5. The Labute approximate surface area is 94.8 Å². The van der Waals surface area contributed by atoms with Crippen LogP contribution in [0.4, 0.5) is 4.39 Å². The molecule has 0 radical (unpaired) electrons. The zero-order valence-corrected chi connectivity index (χ0v) is 9.10. The van der Waals surface area contributed by atoms with Gasteiger partial charge in [0, 0.05) is 11.5 Å². The van der Waals surface area contributed by atoms with E-state index in [-0.39, 0.29) is 16.2 Å². The van der Waals surface area contributed by atoms with Crippen LogP contribution < -0.4 is 4.74 Å². The normalized spacial score (nSPS) is 10.7. The molecule has 0 saturated carbocycles. The summed E-state index contributed by atoms with van der Waals surface area (Å²) in [6, 6.07) is 2.44. The molecule has 0 amide bonds. The van der Waals surface area contributed by atoms with Gasteiger partial charge in [-0.25, -0.2) is 14.4 Å². The van der Waals surface area contributed by atoms with E-state index in [0.717, 1.165) is 0 Å². The Morgan fingerprint density at radius 3 is 2.67 bits per heavy atom. The predicted molar refractivity (Wildman–Crippen MR) is 56.1 cm³/mol. The molecule has 6 heteroatoms. The van der Waals surface area contributed by atoms with Gasteiger partial charge in [-0.1, -0.05) is 11.6 Å². The van der Waals surface area contributed by atoms with Gasteiger partial charge in [0.1, 0.15) is 22.2 Å². The molecule has 1 aromatic heterocycles. The Morgan fingerprint density at radius 2 is 2.00 bits per heavy atom. The van der Waals surface area contributed by atoms with Crippen LogP contribution in [-0.4, -0.2) is 17.1 Å². The van der Waals surface area contributed by atoms with E-state index in [2.05, 4.69) is 9.97 Å². The molecule has 0 N–H and O–H groups in total. The van der Waals surface area contributed by atoms with Crippen LogP contribution in [0.2, 0.25) is 10.4 Å². The van der Waals surface area contributed by atoms with Gasteiger partial charge in [0.15, 0.2) is 0 Å². The molecule has 78 valence electrons. The van der Waals surface area contributed by atoms with Crippen molar-refractivity contribution < 1.29 is 9.13 Å².